The fourth-order valence-electron chi connectivity index (χ4n) is 0.777. The third kappa shape index (κ3) is 3.30. The third-order valence-electron chi connectivity index (χ3n) is 1.33. The van der Waals surface area contributed by atoms with E-state index in [2.05, 4.69) is 15.9 Å². The van der Waals surface area contributed by atoms with Crippen molar-refractivity contribution < 1.29 is 13.2 Å². The summed E-state index contributed by atoms with van der Waals surface area (Å²) < 4.78 is 35.7. The van der Waals surface area contributed by atoms with E-state index in [-0.39, 0.29) is 5.56 Å². The highest BCUT2D eigenvalue weighted by Crippen LogP contribution is 2.19. The molecule has 1 aromatic rings. The van der Waals surface area contributed by atoms with Crippen LogP contribution in [0.25, 0.3) is 0 Å². The molecule has 0 radical (unpaired) electrons. The smallest absolute Gasteiger partial charge is 0.399 e. The first-order valence-corrected chi connectivity index (χ1v) is 4.33. The lowest BCUT2D eigenvalue weighted by Crippen LogP contribution is -2.01. The highest BCUT2D eigenvalue weighted by Gasteiger charge is 2.23. The first-order valence-electron chi connectivity index (χ1n) is 3.53. The molecule has 14 heavy (non-hydrogen) atoms. The van der Waals surface area contributed by atoms with Gasteiger partial charge in [0.2, 0.25) is 0 Å². The van der Waals surface area contributed by atoms with Gasteiger partial charge in [-0.2, -0.15) is 13.2 Å². The summed E-state index contributed by atoms with van der Waals surface area (Å²) in [5.74, 6) is 3.16. The van der Waals surface area contributed by atoms with Crippen LogP contribution in [0.2, 0.25) is 0 Å². The SMILES string of the molecule is Nc1ccc(Br)c(C#CC(F)(F)F)c1. The molecule has 0 spiro atoms. The van der Waals surface area contributed by atoms with Crippen LogP contribution in [0.1, 0.15) is 5.56 Å². The van der Waals surface area contributed by atoms with Crippen LogP contribution < -0.4 is 5.73 Å². The van der Waals surface area contributed by atoms with Gasteiger partial charge in [0.15, 0.2) is 0 Å². The maximum atomic E-state index is 11.8. The molecule has 74 valence electrons. The average Bonchev–Trinajstić information content (AvgIpc) is 2.05. The lowest BCUT2D eigenvalue weighted by molar-refractivity contribution is -0.0696. The van der Waals surface area contributed by atoms with Gasteiger partial charge in [0.25, 0.3) is 0 Å². The summed E-state index contributed by atoms with van der Waals surface area (Å²) >= 11 is 3.07. The highest BCUT2D eigenvalue weighted by atomic mass is 79.9. The molecule has 1 rings (SSSR count). The topological polar surface area (TPSA) is 26.0 Å². The molecule has 0 heterocycles. The molecule has 0 aliphatic heterocycles. The number of halogens is 4. The van der Waals surface area contributed by atoms with Gasteiger partial charge >= 0.3 is 6.18 Å². The molecule has 0 atom stereocenters. The summed E-state index contributed by atoms with van der Waals surface area (Å²) in [6, 6.07) is 4.50. The minimum Gasteiger partial charge on any atom is -0.399 e. The van der Waals surface area contributed by atoms with Crippen LogP contribution in [0.5, 0.6) is 0 Å². The molecule has 0 aromatic heterocycles. The molecular formula is C9H5BrF3N. The first kappa shape index (κ1) is 10.9. The fourth-order valence-corrected chi connectivity index (χ4v) is 1.12. The molecule has 2 N–H and O–H groups in total. The number of nitrogens with two attached hydrogens (primary N) is 1. The Balaban J connectivity index is 3.06. The summed E-state index contributed by atoms with van der Waals surface area (Å²) in [6.07, 6.45) is -4.48. The van der Waals surface area contributed by atoms with Gasteiger partial charge in [0, 0.05) is 21.6 Å². The number of alkyl halides is 3. The zero-order valence-electron chi connectivity index (χ0n) is 6.82. The molecule has 0 fully saturated rings. The van der Waals surface area contributed by atoms with Crippen molar-refractivity contribution in [1.29, 1.82) is 0 Å². The van der Waals surface area contributed by atoms with Gasteiger partial charge < -0.3 is 5.73 Å². The number of nitrogen functional groups attached to an aromatic ring is 1. The van der Waals surface area contributed by atoms with Crippen molar-refractivity contribution in [3.05, 3.63) is 28.2 Å². The van der Waals surface area contributed by atoms with Crippen molar-refractivity contribution in [2.24, 2.45) is 0 Å². The highest BCUT2D eigenvalue weighted by molar-refractivity contribution is 9.10. The fraction of sp³-hybridized carbons (Fsp3) is 0.111. The van der Waals surface area contributed by atoms with Crippen LogP contribution in [-0.2, 0) is 0 Å². The van der Waals surface area contributed by atoms with E-state index in [1.807, 2.05) is 5.92 Å². The van der Waals surface area contributed by atoms with Crippen LogP contribution in [0, 0.1) is 11.8 Å². The van der Waals surface area contributed by atoms with E-state index in [1.54, 1.807) is 12.1 Å². The Bertz CT molecular complexity index is 401. The molecule has 0 aliphatic rings. The van der Waals surface area contributed by atoms with E-state index in [0.29, 0.717) is 10.2 Å². The van der Waals surface area contributed by atoms with E-state index in [9.17, 15) is 13.2 Å². The molecule has 0 unspecified atom stereocenters. The Morgan fingerprint density at radius 1 is 1.29 bits per heavy atom. The molecular weight excluding hydrogens is 259 g/mol. The van der Waals surface area contributed by atoms with Crippen molar-refractivity contribution in [3.63, 3.8) is 0 Å². The maximum Gasteiger partial charge on any atom is 0.458 e. The second-order valence-corrected chi connectivity index (χ2v) is 3.34. The van der Waals surface area contributed by atoms with Gasteiger partial charge in [-0.1, -0.05) is 5.92 Å². The van der Waals surface area contributed by atoms with Gasteiger partial charge in [0.05, 0.1) is 0 Å². The first-order chi connectivity index (χ1) is 6.38. The minimum absolute atomic E-state index is 0.224. The quantitative estimate of drug-likeness (QED) is 0.565. The number of benzene rings is 1. The van der Waals surface area contributed by atoms with E-state index < -0.39 is 6.18 Å². The van der Waals surface area contributed by atoms with E-state index in [0.717, 1.165) is 0 Å². The Hall–Kier alpha value is -1.15. The lowest BCUT2D eigenvalue weighted by Gasteiger charge is -1.98. The van der Waals surface area contributed by atoms with Crippen molar-refractivity contribution in [2.75, 3.05) is 5.73 Å². The van der Waals surface area contributed by atoms with E-state index in [1.165, 1.54) is 12.0 Å². The zero-order chi connectivity index (χ0) is 10.8. The largest absolute Gasteiger partial charge is 0.458 e. The van der Waals surface area contributed by atoms with Crippen molar-refractivity contribution in [2.45, 2.75) is 6.18 Å². The van der Waals surface area contributed by atoms with Crippen LogP contribution in [-0.4, -0.2) is 6.18 Å². The molecule has 0 saturated carbocycles. The summed E-state index contributed by atoms with van der Waals surface area (Å²) in [6.45, 7) is 0. The summed E-state index contributed by atoms with van der Waals surface area (Å²) in [5.41, 5.74) is 6.00. The van der Waals surface area contributed by atoms with Crippen LogP contribution in [0.4, 0.5) is 18.9 Å². The molecule has 1 aromatic carbocycles. The van der Waals surface area contributed by atoms with Crippen molar-refractivity contribution in [1.82, 2.24) is 0 Å². The predicted octanol–water partition coefficient (Wildman–Crippen LogP) is 2.95. The monoisotopic (exact) mass is 263 g/mol. The lowest BCUT2D eigenvalue weighted by atomic mass is 10.2. The predicted molar refractivity (Wildman–Crippen MR) is 51.5 cm³/mol. The van der Waals surface area contributed by atoms with Crippen LogP contribution in [0.15, 0.2) is 22.7 Å². The molecule has 0 saturated heterocycles. The van der Waals surface area contributed by atoms with Gasteiger partial charge in [-0.3, -0.25) is 0 Å². The third-order valence-corrected chi connectivity index (χ3v) is 2.02. The van der Waals surface area contributed by atoms with Crippen LogP contribution in [0.3, 0.4) is 0 Å². The van der Waals surface area contributed by atoms with Gasteiger partial charge in [-0.05, 0) is 34.1 Å². The van der Waals surface area contributed by atoms with Gasteiger partial charge in [-0.25, -0.2) is 0 Å². The van der Waals surface area contributed by atoms with Crippen molar-refractivity contribution in [3.8, 4) is 11.8 Å². The van der Waals surface area contributed by atoms with Gasteiger partial charge in [-0.15, -0.1) is 0 Å². The maximum absolute atomic E-state index is 11.8. The Kier molecular flexibility index (Phi) is 3.06. The molecule has 0 bridgehead atoms. The second-order valence-electron chi connectivity index (χ2n) is 2.49. The Morgan fingerprint density at radius 3 is 2.50 bits per heavy atom. The molecule has 1 nitrogen and oxygen atoms in total. The Labute approximate surface area is 87.2 Å². The number of anilines is 1. The molecule has 0 amide bonds. The summed E-state index contributed by atoms with van der Waals surface area (Å²) in [4.78, 5) is 0. The van der Waals surface area contributed by atoms with E-state index >= 15 is 0 Å². The number of hydrogen-bond donors (Lipinski definition) is 1. The van der Waals surface area contributed by atoms with Crippen molar-refractivity contribution >= 4 is 21.6 Å². The molecule has 5 heteroatoms. The van der Waals surface area contributed by atoms with Crippen LogP contribution >= 0.6 is 15.9 Å². The minimum atomic E-state index is -4.48. The van der Waals surface area contributed by atoms with E-state index in [4.69, 9.17) is 5.73 Å². The normalized spacial score (nSPS) is 10.6. The molecule has 0 aliphatic carbocycles. The Morgan fingerprint density at radius 2 is 1.93 bits per heavy atom. The van der Waals surface area contributed by atoms with Gasteiger partial charge in [0.1, 0.15) is 0 Å². The summed E-state index contributed by atoms with van der Waals surface area (Å²) in [5, 5.41) is 0. The zero-order valence-corrected chi connectivity index (χ0v) is 8.41. The second kappa shape index (κ2) is 3.93. The number of hydrogen-bond acceptors (Lipinski definition) is 1. The number of rotatable bonds is 0. The summed E-state index contributed by atoms with van der Waals surface area (Å²) in [7, 11) is 0. The standard InChI is InChI=1S/C9H5BrF3N/c10-8-2-1-7(14)5-6(8)3-4-9(11,12)13/h1-2,5H,14H2. The average molecular weight is 264 g/mol.